The Morgan fingerprint density at radius 1 is 1.71 bits per heavy atom. The summed E-state index contributed by atoms with van der Waals surface area (Å²) in [5, 5.41) is 19.0. The van der Waals surface area contributed by atoms with Gasteiger partial charge in [0, 0.05) is 13.1 Å². The number of morpholine rings is 1. The average molecular weight is 254 g/mol. The molecule has 2 heterocycles. The number of aliphatic hydroxyl groups excluding tert-OH is 1. The first-order valence-electron chi connectivity index (χ1n) is 5.32. The van der Waals surface area contributed by atoms with E-state index >= 15 is 0 Å². The van der Waals surface area contributed by atoms with Gasteiger partial charge < -0.3 is 20.5 Å². The second kappa shape index (κ2) is 4.87. The van der Waals surface area contributed by atoms with Gasteiger partial charge in [0.1, 0.15) is 16.6 Å². The van der Waals surface area contributed by atoms with Crippen LogP contribution in [0.5, 0.6) is 0 Å². The lowest BCUT2D eigenvalue weighted by atomic mass is 10.2. The van der Waals surface area contributed by atoms with Crippen molar-refractivity contribution >= 4 is 22.4 Å². The van der Waals surface area contributed by atoms with Crippen LogP contribution >= 0.6 is 11.5 Å². The molecule has 0 saturated carbocycles. The maximum Gasteiger partial charge on any atom is 0.157 e. The summed E-state index contributed by atoms with van der Waals surface area (Å²) in [5.74, 6) is 0.271. The van der Waals surface area contributed by atoms with Crippen molar-refractivity contribution in [3.05, 3.63) is 5.56 Å². The Morgan fingerprint density at radius 2 is 2.47 bits per heavy atom. The van der Waals surface area contributed by atoms with Crippen LogP contribution in [0.15, 0.2) is 0 Å². The number of nitrogens with two attached hydrogens (primary N) is 1. The molecule has 0 amide bonds. The summed E-state index contributed by atoms with van der Waals surface area (Å²) >= 11 is 1.21. The molecule has 1 saturated heterocycles. The Hall–Kier alpha value is -1.36. The van der Waals surface area contributed by atoms with Gasteiger partial charge in [-0.1, -0.05) is 0 Å². The Bertz CT molecular complexity index is 442. The van der Waals surface area contributed by atoms with Gasteiger partial charge in [-0.05, 0) is 18.5 Å². The normalized spacial score (nSPS) is 24.6. The molecule has 2 rings (SSSR count). The van der Waals surface area contributed by atoms with Gasteiger partial charge in [0.25, 0.3) is 0 Å². The molecule has 1 aromatic heterocycles. The lowest BCUT2D eigenvalue weighted by molar-refractivity contribution is -0.0419. The Kier molecular flexibility index (Phi) is 3.47. The standard InChI is InChI=1S/C10H14N4O2S/c1-6-3-14(4-7(5-15)16-6)10-8(2-11)9(12)13-17-10/h6-7,15H,3-5H2,1H3,(H2,12,13). The fraction of sp³-hybridized carbons (Fsp3) is 0.600. The van der Waals surface area contributed by atoms with Crippen molar-refractivity contribution < 1.29 is 9.84 Å². The van der Waals surface area contributed by atoms with E-state index in [1.807, 2.05) is 11.8 Å². The molecular formula is C10H14N4O2S. The van der Waals surface area contributed by atoms with Gasteiger partial charge in [-0.15, -0.1) is 0 Å². The summed E-state index contributed by atoms with van der Waals surface area (Å²) in [5.41, 5.74) is 6.05. The molecule has 1 aromatic rings. The van der Waals surface area contributed by atoms with Crippen LogP contribution < -0.4 is 10.6 Å². The summed E-state index contributed by atoms with van der Waals surface area (Å²) < 4.78 is 9.54. The maximum absolute atomic E-state index is 9.15. The molecule has 2 unspecified atom stereocenters. The number of hydrogen-bond donors (Lipinski definition) is 2. The number of ether oxygens (including phenoxy) is 1. The van der Waals surface area contributed by atoms with Crippen molar-refractivity contribution in [2.45, 2.75) is 19.1 Å². The van der Waals surface area contributed by atoms with Gasteiger partial charge in [-0.3, -0.25) is 0 Å². The van der Waals surface area contributed by atoms with Crippen LogP contribution in [0.1, 0.15) is 12.5 Å². The summed E-state index contributed by atoms with van der Waals surface area (Å²) in [6.07, 6.45) is -0.218. The van der Waals surface area contributed by atoms with Gasteiger partial charge in [0.2, 0.25) is 0 Å². The van der Waals surface area contributed by atoms with Crippen LogP contribution in [0.4, 0.5) is 10.8 Å². The SMILES string of the molecule is CC1CN(c2snc(N)c2C#N)CC(CO)O1. The van der Waals surface area contributed by atoms with E-state index < -0.39 is 0 Å². The third-order valence-corrected chi connectivity index (χ3v) is 3.55. The Labute approximate surface area is 103 Å². The third-order valence-electron chi connectivity index (χ3n) is 2.63. The Morgan fingerprint density at radius 3 is 3.12 bits per heavy atom. The molecule has 0 aliphatic carbocycles. The zero-order valence-electron chi connectivity index (χ0n) is 9.46. The van der Waals surface area contributed by atoms with Crippen molar-refractivity contribution in [1.82, 2.24) is 4.37 Å². The smallest absolute Gasteiger partial charge is 0.157 e. The molecule has 92 valence electrons. The number of nitrogen functional groups attached to an aromatic ring is 1. The quantitative estimate of drug-likeness (QED) is 0.782. The van der Waals surface area contributed by atoms with Crippen LogP contribution in [-0.4, -0.2) is 41.4 Å². The average Bonchev–Trinajstić information content (AvgIpc) is 2.69. The van der Waals surface area contributed by atoms with Gasteiger partial charge in [0.15, 0.2) is 5.82 Å². The van der Waals surface area contributed by atoms with Gasteiger partial charge >= 0.3 is 0 Å². The summed E-state index contributed by atoms with van der Waals surface area (Å²) in [6.45, 7) is 3.13. The number of rotatable bonds is 2. The van der Waals surface area contributed by atoms with E-state index in [1.54, 1.807) is 0 Å². The predicted octanol–water partition coefficient (Wildman–Crippen LogP) is 0.183. The number of anilines is 2. The first kappa shape index (κ1) is 12.1. The molecule has 17 heavy (non-hydrogen) atoms. The minimum atomic E-state index is -0.228. The van der Waals surface area contributed by atoms with E-state index in [0.29, 0.717) is 18.7 Å². The number of aliphatic hydroxyl groups is 1. The van der Waals surface area contributed by atoms with E-state index in [0.717, 1.165) is 5.00 Å². The van der Waals surface area contributed by atoms with E-state index in [-0.39, 0.29) is 24.6 Å². The van der Waals surface area contributed by atoms with Crippen molar-refractivity contribution in [3.63, 3.8) is 0 Å². The lowest BCUT2D eigenvalue weighted by Crippen LogP contribution is -2.48. The fourth-order valence-corrected chi connectivity index (χ4v) is 2.71. The van der Waals surface area contributed by atoms with E-state index in [1.165, 1.54) is 11.5 Å². The molecule has 0 bridgehead atoms. The highest BCUT2D eigenvalue weighted by atomic mass is 32.1. The molecule has 7 heteroatoms. The molecule has 1 aliphatic rings. The Balaban J connectivity index is 2.24. The first-order chi connectivity index (χ1) is 8.15. The zero-order valence-corrected chi connectivity index (χ0v) is 10.3. The van der Waals surface area contributed by atoms with Crippen molar-refractivity contribution in [2.24, 2.45) is 0 Å². The highest BCUT2D eigenvalue weighted by Crippen LogP contribution is 2.31. The number of hydrogen-bond acceptors (Lipinski definition) is 7. The first-order valence-corrected chi connectivity index (χ1v) is 6.09. The van der Waals surface area contributed by atoms with Crippen molar-refractivity contribution in [2.75, 3.05) is 30.3 Å². The molecule has 2 atom stereocenters. The largest absolute Gasteiger partial charge is 0.394 e. The van der Waals surface area contributed by atoms with E-state index in [9.17, 15) is 0 Å². The summed E-state index contributed by atoms with van der Waals surface area (Å²) in [7, 11) is 0. The van der Waals surface area contributed by atoms with E-state index in [2.05, 4.69) is 10.4 Å². The highest BCUT2D eigenvalue weighted by molar-refractivity contribution is 7.10. The predicted molar refractivity (Wildman–Crippen MR) is 64.9 cm³/mol. The van der Waals surface area contributed by atoms with Crippen LogP contribution in [0, 0.1) is 11.3 Å². The fourth-order valence-electron chi connectivity index (χ4n) is 1.93. The molecule has 3 N–H and O–H groups in total. The number of nitrogens with zero attached hydrogens (tertiary/aromatic N) is 3. The van der Waals surface area contributed by atoms with Crippen molar-refractivity contribution in [3.8, 4) is 6.07 Å². The zero-order chi connectivity index (χ0) is 12.4. The van der Waals surface area contributed by atoms with Crippen molar-refractivity contribution in [1.29, 1.82) is 5.26 Å². The minimum absolute atomic E-state index is 0.00997. The van der Waals surface area contributed by atoms with E-state index in [4.69, 9.17) is 20.8 Å². The minimum Gasteiger partial charge on any atom is -0.394 e. The summed E-state index contributed by atoms with van der Waals surface area (Å²) in [4.78, 5) is 2.00. The molecule has 0 spiro atoms. The number of aromatic nitrogens is 1. The molecule has 1 aliphatic heterocycles. The monoisotopic (exact) mass is 254 g/mol. The lowest BCUT2D eigenvalue weighted by Gasteiger charge is -2.36. The van der Waals surface area contributed by atoms with Gasteiger partial charge in [-0.2, -0.15) is 9.64 Å². The molecule has 0 radical (unpaired) electrons. The summed E-state index contributed by atoms with van der Waals surface area (Å²) in [6, 6.07) is 2.07. The van der Waals surface area contributed by atoms with Gasteiger partial charge in [0.05, 0.1) is 18.8 Å². The van der Waals surface area contributed by atoms with Crippen LogP contribution in [0.25, 0.3) is 0 Å². The van der Waals surface area contributed by atoms with Crippen LogP contribution in [-0.2, 0) is 4.74 Å². The number of nitriles is 1. The van der Waals surface area contributed by atoms with Gasteiger partial charge in [-0.25, -0.2) is 0 Å². The highest BCUT2D eigenvalue weighted by Gasteiger charge is 2.28. The molecule has 1 fully saturated rings. The maximum atomic E-state index is 9.15. The molecule has 0 aromatic carbocycles. The molecule has 6 nitrogen and oxygen atoms in total. The van der Waals surface area contributed by atoms with Crippen LogP contribution in [0.2, 0.25) is 0 Å². The van der Waals surface area contributed by atoms with Crippen LogP contribution in [0.3, 0.4) is 0 Å². The molecular weight excluding hydrogens is 240 g/mol. The second-order valence-corrected chi connectivity index (χ2v) is 4.77. The topological polar surface area (TPSA) is 95.4 Å². The third kappa shape index (κ3) is 2.34. The second-order valence-electron chi connectivity index (χ2n) is 4.02.